The topological polar surface area (TPSA) is 121 Å². The number of pyridine rings is 2. The molecule has 0 bridgehead atoms. The molecule has 2 amide bonds. The lowest BCUT2D eigenvalue weighted by Crippen LogP contribution is -2.27. The van der Waals surface area contributed by atoms with Gasteiger partial charge >= 0.3 is 0 Å². The fraction of sp³-hybridized carbons (Fsp3) is 0.200. The molecule has 10 nitrogen and oxygen atoms in total. The summed E-state index contributed by atoms with van der Waals surface area (Å²) >= 11 is 0. The van der Waals surface area contributed by atoms with E-state index in [1.165, 1.54) is 0 Å². The highest BCUT2D eigenvalue weighted by atomic mass is 16.5. The zero-order valence-corrected chi connectivity index (χ0v) is 28.4. The van der Waals surface area contributed by atoms with Crippen LogP contribution in [-0.2, 0) is 0 Å². The molecule has 2 heterocycles. The van der Waals surface area contributed by atoms with Crippen molar-refractivity contribution < 1.29 is 28.5 Å². The number of nitrogens with one attached hydrogen (secondary N) is 2. The predicted molar refractivity (Wildman–Crippen MR) is 194 cm³/mol. The number of rotatable bonds is 13. The zero-order chi connectivity index (χ0) is 35.0. The first-order valence-corrected chi connectivity index (χ1v) is 16.2. The van der Waals surface area contributed by atoms with Gasteiger partial charge in [0.15, 0.2) is 0 Å². The van der Waals surface area contributed by atoms with Crippen molar-refractivity contribution in [3.8, 4) is 45.5 Å². The number of carbonyl (C=O) groups is 2. The van der Waals surface area contributed by atoms with Gasteiger partial charge in [-0.2, -0.15) is 0 Å². The number of fused-ring (bicyclic) bond motifs is 2. The van der Waals surface area contributed by atoms with Gasteiger partial charge in [0.1, 0.15) is 23.0 Å². The quantitative estimate of drug-likeness (QED) is 0.125. The van der Waals surface area contributed by atoms with Crippen LogP contribution in [0.2, 0.25) is 0 Å². The van der Waals surface area contributed by atoms with E-state index >= 15 is 0 Å². The number of carbonyl (C=O) groups excluding carboxylic acids is 2. The Balaban J connectivity index is 1.11. The minimum atomic E-state index is -0.203. The van der Waals surface area contributed by atoms with E-state index < -0.39 is 0 Å². The number of unbranched alkanes of at least 4 members (excludes halogenated alkanes) is 1. The van der Waals surface area contributed by atoms with E-state index in [1.54, 1.807) is 52.7 Å². The number of benzene rings is 4. The first kappa shape index (κ1) is 33.7. The normalized spacial score (nSPS) is 10.9. The van der Waals surface area contributed by atoms with E-state index in [4.69, 9.17) is 28.9 Å². The number of ether oxygens (including phenoxy) is 4. The predicted octanol–water partition coefficient (Wildman–Crippen LogP) is 7.09. The van der Waals surface area contributed by atoms with Crippen molar-refractivity contribution in [3.05, 3.63) is 108 Å². The first-order valence-electron chi connectivity index (χ1n) is 16.2. The molecular formula is C40H38N4O6. The van der Waals surface area contributed by atoms with Crippen LogP contribution in [0.1, 0.15) is 33.6 Å². The number of hydrogen-bond acceptors (Lipinski definition) is 8. The Bertz CT molecular complexity index is 2030. The Hall–Kier alpha value is -6.16. The summed E-state index contributed by atoms with van der Waals surface area (Å²) in [6, 6.07) is 29.7. The van der Waals surface area contributed by atoms with Crippen LogP contribution in [0.3, 0.4) is 0 Å². The van der Waals surface area contributed by atoms with Crippen molar-refractivity contribution in [3.63, 3.8) is 0 Å². The maximum Gasteiger partial charge on any atom is 0.252 e. The summed E-state index contributed by atoms with van der Waals surface area (Å²) in [5.74, 6) is 2.11. The first-order chi connectivity index (χ1) is 24.4. The maximum atomic E-state index is 13.5. The van der Waals surface area contributed by atoms with Gasteiger partial charge in [0.25, 0.3) is 11.8 Å². The van der Waals surface area contributed by atoms with Gasteiger partial charge in [0.2, 0.25) is 0 Å². The minimum Gasteiger partial charge on any atom is -0.497 e. The molecule has 2 aromatic heterocycles. The number of para-hydroxylation sites is 2. The van der Waals surface area contributed by atoms with Crippen molar-refractivity contribution in [2.75, 3.05) is 41.5 Å². The van der Waals surface area contributed by atoms with Crippen molar-refractivity contribution in [2.24, 2.45) is 0 Å². The molecule has 6 aromatic rings. The Morgan fingerprint density at radius 2 is 0.960 bits per heavy atom. The molecule has 50 heavy (non-hydrogen) atoms. The highest BCUT2D eigenvalue weighted by Crippen LogP contribution is 2.35. The van der Waals surface area contributed by atoms with E-state index in [0.717, 1.165) is 21.9 Å². The fourth-order valence-corrected chi connectivity index (χ4v) is 5.87. The number of nitrogens with zero attached hydrogens (tertiary/aromatic N) is 2. The van der Waals surface area contributed by atoms with Crippen molar-refractivity contribution >= 4 is 33.6 Å². The molecule has 0 spiro atoms. The monoisotopic (exact) mass is 670 g/mol. The van der Waals surface area contributed by atoms with Crippen LogP contribution in [0.4, 0.5) is 0 Å². The molecule has 0 aliphatic rings. The third-order valence-corrected chi connectivity index (χ3v) is 8.47. The molecule has 0 saturated heterocycles. The van der Waals surface area contributed by atoms with Crippen LogP contribution in [0.25, 0.3) is 44.3 Å². The Morgan fingerprint density at radius 1 is 0.540 bits per heavy atom. The molecule has 0 atom stereocenters. The lowest BCUT2D eigenvalue weighted by molar-refractivity contribution is 0.0941. The summed E-state index contributed by atoms with van der Waals surface area (Å²) in [5, 5.41) is 7.60. The zero-order valence-electron chi connectivity index (χ0n) is 28.4. The summed E-state index contributed by atoms with van der Waals surface area (Å²) in [6.45, 7) is 0.873. The van der Waals surface area contributed by atoms with Crippen LogP contribution in [0.15, 0.2) is 97.1 Å². The Kier molecular flexibility index (Phi) is 10.4. The lowest BCUT2D eigenvalue weighted by atomic mass is 10.0. The van der Waals surface area contributed by atoms with Crippen molar-refractivity contribution in [1.82, 2.24) is 20.6 Å². The third-order valence-electron chi connectivity index (χ3n) is 8.47. The largest absolute Gasteiger partial charge is 0.497 e. The van der Waals surface area contributed by atoms with Gasteiger partial charge in [-0.05, 0) is 61.4 Å². The molecule has 0 aliphatic heterocycles. The van der Waals surface area contributed by atoms with Gasteiger partial charge in [-0.1, -0.05) is 36.4 Å². The van der Waals surface area contributed by atoms with Crippen LogP contribution in [0.5, 0.6) is 23.0 Å². The van der Waals surface area contributed by atoms with Gasteiger partial charge in [-0.3, -0.25) is 9.59 Å². The van der Waals surface area contributed by atoms with E-state index in [9.17, 15) is 9.59 Å². The van der Waals surface area contributed by atoms with Gasteiger partial charge in [0.05, 0.1) is 62.0 Å². The van der Waals surface area contributed by atoms with Crippen LogP contribution in [-0.4, -0.2) is 63.3 Å². The van der Waals surface area contributed by atoms with Crippen molar-refractivity contribution in [2.45, 2.75) is 12.8 Å². The number of methoxy groups -OCH3 is 4. The van der Waals surface area contributed by atoms with E-state index in [2.05, 4.69) is 10.6 Å². The van der Waals surface area contributed by atoms with Crippen molar-refractivity contribution in [1.29, 1.82) is 0 Å². The molecule has 10 heteroatoms. The van der Waals surface area contributed by atoms with Gasteiger partial charge in [0, 0.05) is 47.1 Å². The van der Waals surface area contributed by atoms with Gasteiger partial charge in [-0.15, -0.1) is 0 Å². The fourth-order valence-electron chi connectivity index (χ4n) is 5.87. The van der Waals surface area contributed by atoms with Gasteiger partial charge in [-0.25, -0.2) is 9.97 Å². The summed E-state index contributed by atoms with van der Waals surface area (Å²) in [7, 11) is 6.37. The second-order valence-electron chi connectivity index (χ2n) is 11.5. The molecular weight excluding hydrogens is 632 g/mol. The summed E-state index contributed by atoms with van der Waals surface area (Å²) < 4.78 is 21.9. The average molecular weight is 671 g/mol. The lowest BCUT2D eigenvalue weighted by Gasteiger charge is -2.14. The highest BCUT2D eigenvalue weighted by Gasteiger charge is 2.18. The second kappa shape index (κ2) is 15.4. The summed E-state index contributed by atoms with van der Waals surface area (Å²) in [6.07, 6.45) is 1.33. The molecule has 0 unspecified atom stereocenters. The summed E-state index contributed by atoms with van der Waals surface area (Å²) in [5.41, 5.74) is 5.18. The van der Waals surface area contributed by atoms with E-state index in [1.807, 2.05) is 72.8 Å². The van der Waals surface area contributed by atoms with Crippen LogP contribution < -0.4 is 29.6 Å². The molecule has 4 aromatic carbocycles. The van der Waals surface area contributed by atoms with Crippen LogP contribution >= 0.6 is 0 Å². The van der Waals surface area contributed by atoms with E-state index in [-0.39, 0.29) is 11.8 Å². The molecule has 0 fully saturated rings. The minimum absolute atomic E-state index is 0.203. The number of hydrogen-bond donors (Lipinski definition) is 2. The Labute approximate surface area is 290 Å². The molecule has 0 radical (unpaired) electrons. The van der Waals surface area contributed by atoms with Crippen LogP contribution in [0, 0.1) is 0 Å². The van der Waals surface area contributed by atoms with E-state index in [0.29, 0.717) is 82.5 Å². The highest BCUT2D eigenvalue weighted by molar-refractivity contribution is 6.08. The third kappa shape index (κ3) is 7.14. The SMILES string of the molecule is COc1ccc(-c2cc(C(=O)NCCCCNC(=O)c3cc(-c4ccc(OC)cc4OC)nc4ccccc34)c3ccccc3n2)c(OC)c1. The molecule has 0 aliphatic carbocycles. The molecule has 6 rings (SSSR count). The standard InChI is InChI=1S/C40H38N4O6/c1-47-25-15-17-29(37(21-25)49-3)35-23-31(27-11-5-7-13-33(27)43-35)39(45)41-19-9-10-20-42-40(46)32-24-36(44-34-14-8-6-12-28(32)34)30-18-16-26(48-2)22-38(30)50-4/h5-8,11-18,21-24H,9-10,19-20H2,1-4H3,(H,41,45)(H,42,46). The maximum absolute atomic E-state index is 13.5. The molecule has 254 valence electrons. The molecule has 0 saturated carbocycles. The number of aromatic nitrogens is 2. The Morgan fingerprint density at radius 3 is 1.36 bits per heavy atom. The summed E-state index contributed by atoms with van der Waals surface area (Å²) in [4.78, 5) is 36.6. The van der Waals surface area contributed by atoms with Gasteiger partial charge < -0.3 is 29.6 Å². The second-order valence-corrected chi connectivity index (χ2v) is 11.5. The average Bonchev–Trinajstić information content (AvgIpc) is 3.17. The smallest absolute Gasteiger partial charge is 0.252 e. The number of amides is 2. The molecule has 2 N–H and O–H groups in total.